The van der Waals surface area contributed by atoms with Crippen LogP contribution in [-0.4, -0.2) is 38.8 Å². The van der Waals surface area contributed by atoms with E-state index in [-0.39, 0.29) is 23.9 Å². The number of hydrogen-bond acceptors (Lipinski definition) is 5. The minimum Gasteiger partial charge on any atom is -0.496 e. The van der Waals surface area contributed by atoms with E-state index in [2.05, 4.69) is 27.9 Å². The summed E-state index contributed by atoms with van der Waals surface area (Å²) in [4.78, 5) is 12.9. The van der Waals surface area contributed by atoms with E-state index in [1.807, 2.05) is 48.5 Å². The summed E-state index contributed by atoms with van der Waals surface area (Å²) in [5, 5.41) is 2.82. The van der Waals surface area contributed by atoms with Crippen molar-refractivity contribution in [3.8, 4) is 5.75 Å². The fourth-order valence-corrected chi connectivity index (χ4v) is 5.16. The van der Waals surface area contributed by atoms with Crippen LogP contribution in [0.25, 0.3) is 0 Å². The van der Waals surface area contributed by atoms with E-state index in [1.165, 1.54) is 4.31 Å². The van der Waals surface area contributed by atoms with Crippen LogP contribution >= 0.6 is 22.6 Å². The van der Waals surface area contributed by atoms with Crippen molar-refractivity contribution < 1.29 is 17.9 Å². The molecular formula is C25H28IN3O4S. The Kier molecular flexibility index (Phi) is 9.45. The van der Waals surface area contributed by atoms with Crippen molar-refractivity contribution >= 4 is 38.5 Å². The zero-order valence-corrected chi connectivity index (χ0v) is 21.9. The fraction of sp³-hybridized carbons (Fsp3) is 0.240. The van der Waals surface area contributed by atoms with Gasteiger partial charge in [-0.05, 0) is 76.0 Å². The minimum atomic E-state index is -3.88. The maximum atomic E-state index is 13.4. The van der Waals surface area contributed by atoms with Crippen LogP contribution in [0.4, 0.5) is 0 Å². The van der Waals surface area contributed by atoms with E-state index >= 15 is 0 Å². The van der Waals surface area contributed by atoms with Gasteiger partial charge in [-0.1, -0.05) is 42.5 Å². The molecule has 0 aliphatic rings. The molecule has 1 amide bonds. The lowest BCUT2D eigenvalue weighted by Crippen LogP contribution is -2.41. The molecule has 3 rings (SSSR count). The largest absolute Gasteiger partial charge is 0.496 e. The molecule has 0 unspecified atom stereocenters. The van der Waals surface area contributed by atoms with Crippen molar-refractivity contribution in [1.82, 2.24) is 9.62 Å². The summed E-state index contributed by atoms with van der Waals surface area (Å²) < 4.78 is 34.3. The second-order valence-corrected chi connectivity index (χ2v) is 10.8. The third-order valence-corrected chi connectivity index (χ3v) is 7.92. The van der Waals surface area contributed by atoms with Gasteiger partial charge in [0.15, 0.2) is 0 Å². The molecule has 0 saturated carbocycles. The number of nitrogens with zero attached hydrogens (tertiary/aromatic N) is 1. The second-order valence-electron chi connectivity index (χ2n) is 7.65. The summed E-state index contributed by atoms with van der Waals surface area (Å²) in [6, 6.07) is 21.6. The van der Waals surface area contributed by atoms with Gasteiger partial charge in [0, 0.05) is 23.2 Å². The van der Waals surface area contributed by atoms with Crippen molar-refractivity contribution in [1.29, 1.82) is 0 Å². The molecule has 0 radical (unpaired) electrons. The van der Waals surface area contributed by atoms with E-state index in [0.717, 1.165) is 20.3 Å². The SMILES string of the molecule is COc1ccccc1CCN(CC(=O)NCc1ccc(CN)cc1)S(=O)(=O)c1ccc(I)cc1. The molecule has 0 aromatic heterocycles. The maximum Gasteiger partial charge on any atom is 0.243 e. The summed E-state index contributed by atoms with van der Waals surface area (Å²) in [6.07, 6.45) is 0.404. The minimum absolute atomic E-state index is 0.132. The normalized spacial score (nSPS) is 11.4. The van der Waals surface area contributed by atoms with E-state index in [0.29, 0.717) is 25.3 Å². The summed E-state index contributed by atoms with van der Waals surface area (Å²) >= 11 is 2.12. The third-order valence-electron chi connectivity index (χ3n) is 5.34. The molecule has 0 atom stereocenters. The number of amides is 1. The van der Waals surface area contributed by atoms with Gasteiger partial charge in [0.25, 0.3) is 0 Å². The lowest BCUT2D eigenvalue weighted by Gasteiger charge is -2.22. The number of methoxy groups -OCH3 is 1. The molecule has 0 heterocycles. The first-order valence-corrected chi connectivity index (χ1v) is 13.3. The summed E-state index contributed by atoms with van der Waals surface area (Å²) in [5.41, 5.74) is 8.40. The highest BCUT2D eigenvalue weighted by atomic mass is 127. The van der Waals surface area contributed by atoms with Crippen molar-refractivity contribution in [2.45, 2.75) is 24.4 Å². The standard InChI is InChI=1S/C25H28IN3O4S/c1-33-24-5-3-2-4-21(24)14-15-29(34(31,32)23-12-10-22(26)11-13-23)18-25(30)28-17-20-8-6-19(16-27)7-9-20/h2-13H,14-18,27H2,1H3,(H,28,30). The number of carbonyl (C=O) groups is 1. The van der Waals surface area contributed by atoms with Gasteiger partial charge < -0.3 is 15.8 Å². The third kappa shape index (κ3) is 7.02. The molecule has 0 saturated heterocycles. The molecule has 3 aromatic carbocycles. The van der Waals surface area contributed by atoms with Crippen molar-refractivity contribution in [2.75, 3.05) is 20.2 Å². The van der Waals surface area contributed by atoms with Crippen LogP contribution in [0.3, 0.4) is 0 Å². The fourth-order valence-electron chi connectivity index (χ4n) is 3.40. The number of nitrogens with two attached hydrogens (primary N) is 1. The maximum absolute atomic E-state index is 13.4. The Morgan fingerprint density at radius 1 is 1.00 bits per heavy atom. The van der Waals surface area contributed by atoms with E-state index in [9.17, 15) is 13.2 Å². The zero-order chi connectivity index (χ0) is 24.6. The number of para-hydroxylation sites is 1. The molecule has 0 spiro atoms. The molecule has 0 aliphatic heterocycles. The first kappa shape index (κ1) is 26.1. The predicted molar refractivity (Wildman–Crippen MR) is 141 cm³/mol. The van der Waals surface area contributed by atoms with E-state index in [1.54, 1.807) is 31.4 Å². The lowest BCUT2D eigenvalue weighted by molar-refractivity contribution is -0.121. The molecular weight excluding hydrogens is 565 g/mol. The number of sulfonamides is 1. The average molecular weight is 593 g/mol. The number of benzene rings is 3. The number of halogens is 1. The lowest BCUT2D eigenvalue weighted by atomic mass is 10.1. The molecule has 0 aliphatic carbocycles. The van der Waals surface area contributed by atoms with Crippen LogP contribution in [-0.2, 0) is 34.3 Å². The molecule has 0 bridgehead atoms. The van der Waals surface area contributed by atoms with Gasteiger partial charge in [-0.3, -0.25) is 4.79 Å². The quantitative estimate of drug-likeness (QED) is 0.333. The number of carbonyl (C=O) groups excluding carboxylic acids is 1. The highest BCUT2D eigenvalue weighted by Crippen LogP contribution is 2.21. The number of ether oxygens (including phenoxy) is 1. The smallest absolute Gasteiger partial charge is 0.243 e. The Morgan fingerprint density at radius 2 is 1.65 bits per heavy atom. The zero-order valence-electron chi connectivity index (χ0n) is 18.9. The predicted octanol–water partition coefficient (Wildman–Crippen LogP) is 3.31. The van der Waals surface area contributed by atoms with Gasteiger partial charge in [-0.15, -0.1) is 0 Å². The van der Waals surface area contributed by atoms with Gasteiger partial charge in [0.2, 0.25) is 15.9 Å². The average Bonchev–Trinajstić information content (AvgIpc) is 2.85. The topological polar surface area (TPSA) is 102 Å². The van der Waals surface area contributed by atoms with Gasteiger partial charge in [0.1, 0.15) is 5.75 Å². The van der Waals surface area contributed by atoms with E-state index in [4.69, 9.17) is 10.5 Å². The summed E-state index contributed by atoms with van der Waals surface area (Å²) in [5.74, 6) is 0.302. The number of hydrogen-bond donors (Lipinski definition) is 2. The van der Waals surface area contributed by atoms with Crippen LogP contribution in [0.1, 0.15) is 16.7 Å². The number of nitrogens with one attached hydrogen (secondary N) is 1. The molecule has 7 nitrogen and oxygen atoms in total. The van der Waals surface area contributed by atoms with Crippen molar-refractivity contribution in [3.63, 3.8) is 0 Å². The Hall–Kier alpha value is -2.47. The Bertz CT molecular complexity index is 1200. The Balaban J connectivity index is 1.75. The van der Waals surface area contributed by atoms with Crippen LogP contribution < -0.4 is 15.8 Å². The number of rotatable bonds is 11. The molecule has 34 heavy (non-hydrogen) atoms. The molecule has 3 aromatic rings. The Labute approximate surface area is 214 Å². The molecule has 180 valence electrons. The molecule has 3 N–H and O–H groups in total. The van der Waals surface area contributed by atoms with Gasteiger partial charge >= 0.3 is 0 Å². The van der Waals surface area contributed by atoms with Crippen LogP contribution in [0.15, 0.2) is 77.7 Å². The van der Waals surface area contributed by atoms with Gasteiger partial charge in [0.05, 0.1) is 18.6 Å². The Morgan fingerprint density at radius 3 is 2.29 bits per heavy atom. The van der Waals surface area contributed by atoms with E-state index < -0.39 is 10.0 Å². The first-order valence-electron chi connectivity index (χ1n) is 10.8. The second kappa shape index (κ2) is 12.3. The van der Waals surface area contributed by atoms with Crippen LogP contribution in [0, 0.1) is 3.57 Å². The summed E-state index contributed by atoms with van der Waals surface area (Å²) in [6.45, 7) is 0.593. The first-order chi connectivity index (χ1) is 16.3. The summed E-state index contributed by atoms with van der Waals surface area (Å²) in [7, 11) is -2.30. The molecule has 9 heteroatoms. The highest BCUT2D eigenvalue weighted by Gasteiger charge is 2.26. The van der Waals surface area contributed by atoms with Gasteiger partial charge in [-0.25, -0.2) is 8.42 Å². The highest BCUT2D eigenvalue weighted by molar-refractivity contribution is 14.1. The van der Waals surface area contributed by atoms with Crippen LogP contribution in [0.5, 0.6) is 5.75 Å². The van der Waals surface area contributed by atoms with Crippen molar-refractivity contribution in [3.05, 3.63) is 93.1 Å². The van der Waals surface area contributed by atoms with Crippen LogP contribution in [0.2, 0.25) is 0 Å². The molecule has 0 fully saturated rings. The van der Waals surface area contributed by atoms with Gasteiger partial charge in [-0.2, -0.15) is 4.31 Å². The monoisotopic (exact) mass is 593 g/mol. The van der Waals surface area contributed by atoms with Crippen molar-refractivity contribution in [2.24, 2.45) is 5.73 Å².